The van der Waals surface area contributed by atoms with Crippen LogP contribution < -0.4 is 5.32 Å². The second-order valence-corrected chi connectivity index (χ2v) is 5.26. The number of aryl methyl sites for hydroxylation is 1. The van der Waals surface area contributed by atoms with Crippen molar-refractivity contribution in [1.82, 2.24) is 0 Å². The van der Waals surface area contributed by atoms with Crippen molar-refractivity contribution in [2.75, 3.05) is 5.32 Å². The summed E-state index contributed by atoms with van der Waals surface area (Å²) in [5.74, 6) is 0.223. The maximum atomic E-state index is 10.7. The van der Waals surface area contributed by atoms with Gasteiger partial charge >= 0.3 is 0 Å². The summed E-state index contributed by atoms with van der Waals surface area (Å²) in [7, 11) is 0. The molecule has 0 aliphatic carbocycles. The summed E-state index contributed by atoms with van der Waals surface area (Å²) in [6.07, 6.45) is 0. The third-order valence-corrected chi connectivity index (χ3v) is 3.52. The molecule has 0 heterocycles. The molecule has 0 atom stereocenters. The number of rotatable bonds is 4. The van der Waals surface area contributed by atoms with E-state index in [0.29, 0.717) is 11.0 Å². The highest BCUT2D eigenvalue weighted by molar-refractivity contribution is 9.10. The van der Waals surface area contributed by atoms with Gasteiger partial charge in [-0.15, -0.1) is 0 Å². The summed E-state index contributed by atoms with van der Waals surface area (Å²) in [4.78, 5) is 10.2. The molecule has 2 N–H and O–H groups in total. The molecule has 0 radical (unpaired) electrons. The van der Waals surface area contributed by atoms with E-state index in [2.05, 4.69) is 21.2 Å². The van der Waals surface area contributed by atoms with Gasteiger partial charge in [-0.3, -0.25) is 10.1 Å². The van der Waals surface area contributed by atoms with Gasteiger partial charge in [-0.05, 0) is 35.0 Å². The van der Waals surface area contributed by atoms with E-state index in [0.717, 1.165) is 16.8 Å². The Bertz CT molecular complexity index is 659. The third kappa shape index (κ3) is 3.27. The zero-order chi connectivity index (χ0) is 14.7. The van der Waals surface area contributed by atoms with Crippen LogP contribution in [0.5, 0.6) is 5.75 Å². The van der Waals surface area contributed by atoms with Crippen LogP contribution in [0.2, 0.25) is 0 Å². The van der Waals surface area contributed by atoms with Crippen LogP contribution in [0.4, 0.5) is 11.4 Å². The number of nitrogens with zero attached hydrogens (tertiary/aromatic N) is 1. The average Bonchev–Trinajstić information content (AvgIpc) is 2.40. The summed E-state index contributed by atoms with van der Waals surface area (Å²) in [6, 6.07) is 9.89. The number of hydrogen-bond donors (Lipinski definition) is 2. The Hall–Kier alpha value is -2.08. The minimum atomic E-state index is -0.444. The molecule has 0 aliphatic heterocycles. The van der Waals surface area contributed by atoms with Crippen molar-refractivity contribution in [3.63, 3.8) is 0 Å². The molecule has 6 heteroatoms. The van der Waals surface area contributed by atoms with Gasteiger partial charge in [0.2, 0.25) is 0 Å². The second kappa shape index (κ2) is 5.92. The van der Waals surface area contributed by atoms with Gasteiger partial charge in [-0.2, -0.15) is 0 Å². The van der Waals surface area contributed by atoms with Crippen molar-refractivity contribution in [3.05, 3.63) is 62.1 Å². The minimum Gasteiger partial charge on any atom is -0.508 e. The Morgan fingerprint density at radius 2 is 2.05 bits per heavy atom. The third-order valence-electron chi connectivity index (χ3n) is 2.87. The lowest BCUT2D eigenvalue weighted by Crippen LogP contribution is -2.01. The SMILES string of the molecule is Cc1ccc(O)c(CNc2ccc([N+](=O)[O-])cc2Br)c1. The zero-order valence-corrected chi connectivity index (χ0v) is 12.3. The predicted octanol–water partition coefficient (Wildman–Crippen LogP) is 3.98. The number of anilines is 1. The lowest BCUT2D eigenvalue weighted by Gasteiger charge is -2.10. The molecule has 0 spiro atoms. The van der Waals surface area contributed by atoms with E-state index in [1.54, 1.807) is 12.1 Å². The van der Waals surface area contributed by atoms with Crippen LogP contribution in [0.15, 0.2) is 40.9 Å². The van der Waals surface area contributed by atoms with Gasteiger partial charge in [0.05, 0.1) is 4.92 Å². The molecule has 0 aromatic heterocycles. The van der Waals surface area contributed by atoms with Gasteiger partial charge in [0, 0.05) is 34.4 Å². The maximum Gasteiger partial charge on any atom is 0.270 e. The molecule has 2 aromatic carbocycles. The summed E-state index contributed by atoms with van der Waals surface area (Å²) in [6.45, 7) is 2.38. The van der Waals surface area contributed by atoms with E-state index < -0.39 is 4.92 Å². The van der Waals surface area contributed by atoms with E-state index in [9.17, 15) is 15.2 Å². The first-order valence-electron chi connectivity index (χ1n) is 5.93. The number of nitro groups is 1. The Morgan fingerprint density at radius 1 is 1.30 bits per heavy atom. The molecule has 20 heavy (non-hydrogen) atoms. The first kappa shape index (κ1) is 14.3. The van der Waals surface area contributed by atoms with Crippen molar-refractivity contribution in [1.29, 1.82) is 0 Å². The Balaban J connectivity index is 2.15. The smallest absolute Gasteiger partial charge is 0.270 e. The fourth-order valence-electron chi connectivity index (χ4n) is 1.81. The molecule has 0 unspecified atom stereocenters. The predicted molar refractivity (Wildman–Crippen MR) is 81.0 cm³/mol. The van der Waals surface area contributed by atoms with Crippen LogP contribution >= 0.6 is 15.9 Å². The molecule has 0 amide bonds. The molecule has 104 valence electrons. The van der Waals surface area contributed by atoms with Crippen LogP contribution in [0, 0.1) is 17.0 Å². The van der Waals surface area contributed by atoms with Gasteiger partial charge in [0.15, 0.2) is 0 Å². The normalized spacial score (nSPS) is 10.3. The van der Waals surface area contributed by atoms with Crippen molar-refractivity contribution in [2.24, 2.45) is 0 Å². The monoisotopic (exact) mass is 336 g/mol. The lowest BCUT2D eigenvalue weighted by molar-refractivity contribution is -0.384. The van der Waals surface area contributed by atoms with Crippen LogP contribution in [0.1, 0.15) is 11.1 Å². The summed E-state index contributed by atoms with van der Waals surface area (Å²) in [5, 5.41) is 23.5. The molecule has 0 fully saturated rings. The number of hydrogen-bond acceptors (Lipinski definition) is 4. The Labute approximate surface area is 124 Å². The number of non-ortho nitro benzene ring substituents is 1. The van der Waals surface area contributed by atoms with Crippen molar-refractivity contribution < 1.29 is 10.0 Å². The number of halogens is 1. The van der Waals surface area contributed by atoms with Crippen molar-refractivity contribution >= 4 is 27.3 Å². The number of nitrogens with one attached hydrogen (secondary N) is 1. The highest BCUT2D eigenvalue weighted by Crippen LogP contribution is 2.28. The maximum absolute atomic E-state index is 10.7. The van der Waals surface area contributed by atoms with E-state index in [1.165, 1.54) is 12.1 Å². The van der Waals surface area contributed by atoms with Gasteiger partial charge in [-0.1, -0.05) is 17.7 Å². The number of nitro benzene ring substituents is 1. The molecule has 5 nitrogen and oxygen atoms in total. The van der Waals surface area contributed by atoms with Crippen LogP contribution in [-0.2, 0) is 6.54 Å². The first-order valence-corrected chi connectivity index (χ1v) is 6.73. The number of phenols is 1. The van der Waals surface area contributed by atoms with Crippen LogP contribution in [0.25, 0.3) is 0 Å². The van der Waals surface area contributed by atoms with E-state index in [4.69, 9.17) is 0 Å². The Kier molecular flexibility index (Phi) is 4.24. The van der Waals surface area contributed by atoms with Crippen molar-refractivity contribution in [2.45, 2.75) is 13.5 Å². The first-order chi connectivity index (χ1) is 9.47. The highest BCUT2D eigenvalue weighted by Gasteiger charge is 2.09. The fraction of sp³-hybridized carbons (Fsp3) is 0.143. The molecule has 0 saturated carbocycles. The quantitative estimate of drug-likeness (QED) is 0.654. The standard InChI is InChI=1S/C14H13BrN2O3/c1-9-2-5-14(18)10(6-9)8-16-13-4-3-11(17(19)20)7-12(13)15/h2-7,16,18H,8H2,1H3. The molecule has 0 bridgehead atoms. The fourth-order valence-corrected chi connectivity index (χ4v) is 2.31. The van der Waals surface area contributed by atoms with E-state index in [-0.39, 0.29) is 11.4 Å². The molecule has 2 aromatic rings. The summed E-state index contributed by atoms with van der Waals surface area (Å²) < 4.78 is 0.610. The summed E-state index contributed by atoms with van der Waals surface area (Å²) >= 11 is 3.29. The van der Waals surface area contributed by atoms with Gasteiger partial charge in [-0.25, -0.2) is 0 Å². The molecular formula is C14H13BrN2O3. The minimum absolute atomic E-state index is 0.0285. The molecule has 2 rings (SSSR count). The zero-order valence-electron chi connectivity index (χ0n) is 10.8. The molecule has 0 aliphatic rings. The van der Waals surface area contributed by atoms with Gasteiger partial charge in [0.1, 0.15) is 5.75 Å². The molecule has 0 saturated heterocycles. The van der Waals surface area contributed by atoms with Gasteiger partial charge in [0.25, 0.3) is 5.69 Å². The largest absolute Gasteiger partial charge is 0.508 e. The number of benzene rings is 2. The summed E-state index contributed by atoms with van der Waals surface area (Å²) in [5.41, 5.74) is 2.59. The number of aromatic hydroxyl groups is 1. The second-order valence-electron chi connectivity index (χ2n) is 4.41. The lowest BCUT2D eigenvalue weighted by atomic mass is 10.1. The highest BCUT2D eigenvalue weighted by atomic mass is 79.9. The topological polar surface area (TPSA) is 75.4 Å². The van der Waals surface area contributed by atoms with Gasteiger partial charge < -0.3 is 10.4 Å². The van der Waals surface area contributed by atoms with E-state index in [1.807, 2.05) is 19.1 Å². The average molecular weight is 337 g/mol. The van der Waals surface area contributed by atoms with E-state index >= 15 is 0 Å². The molecular weight excluding hydrogens is 324 g/mol. The van der Waals surface area contributed by atoms with Crippen molar-refractivity contribution in [3.8, 4) is 5.75 Å². The number of phenolic OH excluding ortho intramolecular Hbond substituents is 1. The van der Waals surface area contributed by atoms with Crippen LogP contribution in [0.3, 0.4) is 0 Å². The van der Waals surface area contributed by atoms with Crippen LogP contribution in [-0.4, -0.2) is 10.0 Å². The Morgan fingerprint density at radius 3 is 2.70 bits per heavy atom.